The lowest BCUT2D eigenvalue weighted by Crippen LogP contribution is -2.40. The number of ether oxygens (including phenoxy) is 3. The molecule has 2 saturated heterocycles. The monoisotopic (exact) mass is 445 g/mol. The quantitative estimate of drug-likeness (QED) is 0.716. The van der Waals surface area contributed by atoms with Crippen LogP contribution in [0.5, 0.6) is 11.5 Å². The van der Waals surface area contributed by atoms with E-state index in [0.717, 1.165) is 48.7 Å². The van der Waals surface area contributed by atoms with Crippen molar-refractivity contribution in [1.29, 1.82) is 0 Å². The van der Waals surface area contributed by atoms with Crippen LogP contribution in [-0.2, 0) is 14.8 Å². The molecule has 0 bridgehead atoms. The zero-order valence-corrected chi connectivity index (χ0v) is 18.2. The molecule has 0 amide bonds. The summed E-state index contributed by atoms with van der Waals surface area (Å²) >= 11 is 0. The van der Waals surface area contributed by atoms with Gasteiger partial charge in [-0.05, 0) is 42.7 Å². The molecule has 8 nitrogen and oxygen atoms in total. The number of benzene rings is 1. The van der Waals surface area contributed by atoms with E-state index in [0.29, 0.717) is 39.5 Å². The highest BCUT2D eigenvalue weighted by Gasteiger charge is 2.30. The van der Waals surface area contributed by atoms with Gasteiger partial charge in [-0.25, -0.2) is 13.4 Å². The summed E-state index contributed by atoms with van der Waals surface area (Å²) in [6.07, 6.45) is 4.41. The summed E-state index contributed by atoms with van der Waals surface area (Å²) in [7, 11) is -3.54. The van der Waals surface area contributed by atoms with Crippen molar-refractivity contribution in [2.75, 3.05) is 51.0 Å². The molecule has 0 N–H and O–H groups in total. The third kappa shape index (κ3) is 4.09. The van der Waals surface area contributed by atoms with E-state index < -0.39 is 10.0 Å². The van der Waals surface area contributed by atoms with Crippen molar-refractivity contribution in [2.24, 2.45) is 0 Å². The van der Waals surface area contributed by atoms with Crippen molar-refractivity contribution in [3.8, 4) is 11.5 Å². The van der Waals surface area contributed by atoms with E-state index in [1.807, 2.05) is 12.1 Å². The van der Waals surface area contributed by atoms with Gasteiger partial charge in [0.25, 0.3) is 0 Å². The van der Waals surface area contributed by atoms with Gasteiger partial charge in [-0.3, -0.25) is 0 Å². The average Bonchev–Trinajstić information content (AvgIpc) is 3.18. The van der Waals surface area contributed by atoms with Gasteiger partial charge in [-0.1, -0.05) is 6.07 Å². The first-order chi connectivity index (χ1) is 15.1. The smallest absolute Gasteiger partial charge is 0.244 e. The van der Waals surface area contributed by atoms with Crippen LogP contribution in [0.15, 0.2) is 41.4 Å². The number of rotatable bonds is 4. The van der Waals surface area contributed by atoms with Crippen LogP contribution < -0.4 is 14.4 Å². The van der Waals surface area contributed by atoms with E-state index in [4.69, 9.17) is 14.2 Å². The minimum absolute atomic E-state index is 0.173. The number of anilines is 1. The Hall–Kier alpha value is -2.36. The second-order valence-corrected chi connectivity index (χ2v) is 9.91. The topological polar surface area (TPSA) is 81.2 Å². The third-order valence-electron chi connectivity index (χ3n) is 6.03. The summed E-state index contributed by atoms with van der Waals surface area (Å²) in [5.74, 6) is 2.37. The molecule has 0 saturated carbocycles. The normalized spacial score (nSPS) is 22.3. The number of morpholine rings is 1. The molecule has 5 rings (SSSR count). The predicted octanol–water partition coefficient (Wildman–Crippen LogP) is 2.61. The lowest BCUT2D eigenvalue weighted by Gasteiger charge is -2.28. The Morgan fingerprint density at radius 1 is 0.903 bits per heavy atom. The molecule has 0 aliphatic carbocycles. The number of aromatic nitrogens is 1. The molecule has 4 heterocycles. The molecule has 2 aromatic rings. The molecule has 1 atom stereocenters. The van der Waals surface area contributed by atoms with E-state index in [1.165, 1.54) is 10.5 Å². The molecule has 0 radical (unpaired) electrons. The van der Waals surface area contributed by atoms with Crippen LogP contribution in [-0.4, -0.2) is 63.8 Å². The summed E-state index contributed by atoms with van der Waals surface area (Å²) < 4.78 is 44.1. The number of nitrogens with zero attached hydrogens (tertiary/aromatic N) is 3. The predicted molar refractivity (Wildman–Crippen MR) is 115 cm³/mol. The van der Waals surface area contributed by atoms with Gasteiger partial charge in [-0.15, -0.1) is 0 Å². The molecular weight excluding hydrogens is 418 g/mol. The molecule has 2 fully saturated rings. The summed E-state index contributed by atoms with van der Waals surface area (Å²) in [5.41, 5.74) is 1.16. The minimum Gasteiger partial charge on any atom is -0.490 e. The van der Waals surface area contributed by atoms with Gasteiger partial charge in [-0.2, -0.15) is 4.31 Å². The molecule has 9 heteroatoms. The van der Waals surface area contributed by atoms with Crippen molar-refractivity contribution in [2.45, 2.75) is 30.2 Å². The highest BCUT2D eigenvalue weighted by atomic mass is 32.2. The zero-order valence-electron chi connectivity index (χ0n) is 17.4. The van der Waals surface area contributed by atoms with Gasteiger partial charge < -0.3 is 19.1 Å². The molecule has 1 aromatic carbocycles. The Labute approximate surface area is 182 Å². The summed E-state index contributed by atoms with van der Waals surface area (Å²) in [6.45, 7) is 3.81. The van der Waals surface area contributed by atoms with Gasteiger partial charge >= 0.3 is 0 Å². The molecule has 31 heavy (non-hydrogen) atoms. The van der Waals surface area contributed by atoms with Crippen LogP contribution in [0.4, 0.5) is 5.82 Å². The van der Waals surface area contributed by atoms with Crippen molar-refractivity contribution < 1.29 is 22.6 Å². The number of sulfonamides is 1. The SMILES string of the molecule is O=S(=O)(c1ccc(N2CCC[C@H]2c2ccc3c(c2)OCCCO3)nc1)N1CCOCC1. The van der Waals surface area contributed by atoms with E-state index in [2.05, 4.69) is 22.0 Å². The summed E-state index contributed by atoms with van der Waals surface area (Å²) in [6, 6.07) is 9.80. The van der Waals surface area contributed by atoms with Gasteiger partial charge in [0.2, 0.25) is 10.0 Å². The average molecular weight is 446 g/mol. The summed E-state index contributed by atoms with van der Waals surface area (Å²) in [4.78, 5) is 7.00. The molecule has 1 aromatic heterocycles. The van der Waals surface area contributed by atoms with E-state index in [1.54, 1.807) is 6.07 Å². The Kier molecular flexibility index (Phi) is 5.73. The lowest BCUT2D eigenvalue weighted by atomic mass is 10.0. The third-order valence-corrected chi connectivity index (χ3v) is 7.91. The van der Waals surface area contributed by atoms with Crippen LogP contribution in [0.1, 0.15) is 30.9 Å². The maximum Gasteiger partial charge on any atom is 0.244 e. The number of fused-ring (bicyclic) bond motifs is 1. The fourth-order valence-electron chi connectivity index (χ4n) is 4.41. The lowest BCUT2D eigenvalue weighted by molar-refractivity contribution is 0.0730. The Morgan fingerprint density at radius 3 is 2.48 bits per heavy atom. The second-order valence-electron chi connectivity index (χ2n) is 7.98. The molecule has 0 spiro atoms. The van der Waals surface area contributed by atoms with Crippen LogP contribution >= 0.6 is 0 Å². The first-order valence-corrected chi connectivity index (χ1v) is 12.3. The van der Waals surface area contributed by atoms with Gasteiger partial charge in [0.15, 0.2) is 11.5 Å². The van der Waals surface area contributed by atoms with Crippen LogP contribution in [0, 0.1) is 0 Å². The number of hydrogen-bond donors (Lipinski definition) is 0. The maximum absolute atomic E-state index is 12.9. The van der Waals surface area contributed by atoms with Crippen molar-refractivity contribution in [3.05, 3.63) is 42.1 Å². The van der Waals surface area contributed by atoms with E-state index in [-0.39, 0.29) is 10.9 Å². The zero-order chi connectivity index (χ0) is 21.3. The van der Waals surface area contributed by atoms with Crippen molar-refractivity contribution >= 4 is 15.8 Å². The van der Waals surface area contributed by atoms with Crippen LogP contribution in [0.2, 0.25) is 0 Å². The highest BCUT2D eigenvalue weighted by Crippen LogP contribution is 2.39. The standard InChI is InChI=1S/C22H27N3O5S/c26-31(27,24-9-13-28-14-10-24)18-5-7-22(23-16-18)25-8-1-3-19(25)17-4-6-20-21(15-17)30-12-2-11-29-20/h4-7,15-16,19H,1-3,8-14H2/t19-/m0/s1. The van der Waals surface area contributed by atoms with E-state index in [9.17, 15) is 8.42 Å². The minimum atomic E-state index is -3.54. The Morgan fingerprint density at radius 2 is 1.71 bits per heavy atom. The fourth-order valence-corrected chi connectivity index (χ4v) is 5.76. The molecule has 3 aliphatic rings. The van der Waals surface area contributed by atoms with Gasteiger partial charge in [0, 0.05) is 32.3 Å². The highest BCUT2D eigenvalue weighted by molar-refractivity contribution is 7.89. The second kappa shape index (κ2) is 8.64. The Bertz CT molecular complexity index is 1020. The van der Waals surface area contributed by atoms with Crippen molar-refractivity contribution in [3.63, 3.8) is 0 Å². The number of hydrogen-bond acceptors (Lipinski definition) is 7. The van der Waals surface area contributed by atoms with E-state index >= 15 is 0 Å². The molecular formula is C22H27N3O5S. The molecule has 166 valence electrons. The van der Waals surface area contributed by atoms with Crippen LogP contribution in [0.25, 0.3) is 0 Å². The van der Waals surface area contributed by atoms with Crippen LogP contribution in [0.3, 0.4) is 0 Å². The molecule has 0 unspecified atom stereocenters. The van der Waals surface area contributed by atoms with Gasteiger partial charge in [0.05, 0.1) is 32.5 Å². The fraction of sp³-hybridized carbons (Fsp3) is 0.500. The first-order valence-electron chi connectivity index (χ1n) is 10.8. The first kappa shape index (κ1) is 20.5. The summed E-state index contributed by atoms with van der Waals surface area (Å²) in [5, 5.41) is 0. The number of pyridine rings is 1. The Balaban J connectivity index is 1.37. The van der Waals surface area contributed by atoms with Crippen molar-refractivity contribution in [1.82, 2.24) is 9.29 Å². The maximum atomic E-state index is 12.9. The largest absolute Gasteiger partial charge is 0.490 e. The molecule has 3 aliphatic heterocycles. The van der Waals surface area contributed by atoms with Gasteiger partial charge in [0.1, 0.15) is 10.7 Å².